The van der Waals surface area contributed by atoms with Gasteiger partial charge in [0.15, 0.2) is 11.2 Å². The Kier molecular flexibility index (Phi) is 4.96. The van der Waals surface area contributed by atoms with E-state index in [1.54, 1.807) is 12.1 Å². The highest BCUT2D eigenvalue weighted by atomic mass is 16.5. The van der Waals surface area contributed by atoms with Crippen molar-refractivity contribution >= 4 is 16.9 Å². The molecule has 0 saturated heterocycles. The van der Waals surface area contributed by atoms with E-state index in [0.29, 0.717) is 12.4 Å². The lowest BCUT2D eigenvalue weighted by atomic mass is 10.2. The summed E-state index contributed by atoms with van der Waals surface area (Å²) in [4.78, 5) is 23.7. The molecule has 0 aliphatic carbocycles. The Morgan fingerprint density at radius 2 is 1.80 bits per heavy atom. The second-order valence-electron chi connectivity index (χ2n) is 5.06. The van der Waals surface area contributed by atoms with Crippen LogP contribution in [0.2, 0.25) is 0 Å². The summed E-state index contributed by atoms with van der Waals surface area (Å²) in [6.45, 7) is 0.531. The minimum Gasteiger partial charge on any atom is -0.490 e. The molecular weight excluding hydrogens is 326 g/mol. The maximum Gasteiger partial charge on any atom is 0.310 e. The molecule has 2 aromatic carbocycles. The van der Waals surface area contributed by atoms with E-state index in [2.05, 4.69) is 0 Å². The predicted octanol–water partition coefficient (Wildman–Crippen LogP) is 2.37. The third-order valence-electron chi connectivity index (χ3n) is 3.39. The number of hydrogen-bond donors (Lipinski definition) is 2. The van der Waals surface area contributed by atoms with Gasteiger partial charge >= 0.3 is 5.91 Å². The number of carbonyl (C=O) groups is 1. The molecule has 0 unspecified atom stereocenters. The van der Waals surface area contributed by atoms with Crippen LogP contribution in [0.4, 0.5) is 0 Å². The number of rotatable bonds is 6. The van der Waals surface area contributed by atoms with Crippen LogP contribution in [0.3, 0.4) is 0 Å². The zero-order chi connectivity index (χ0) is 17.6. The molecule has 0 aliphatic heterocycles. The summed E-state index contributed by atoms with van der Waals surface area (Å²) >= 11 is 0. The molecule has 1 amide bonds. The molecule has 3 rings (SSSR count). The molecule has 0 aliphatic rings. The van der Waals surface area contributed by atoms with E-state index in [4.69, 9.17) is 19.1 Å². The fourth-order valence-corrected chi connectivity index (χ4v) is 2.29. The van der Waals surface area contributed by atoms with Gasteiger partial charge in [-0.2, -0.15) is 0 Å². The average molecular weight is 341 g/mol. The molecule has 0 saturated carbocycles. The first-order valence-electron chi connectivity index (χ1n) is 7.51. The van der Waals surface area contributed by atoms with E-state index in [1.165, 1.54) is 11.5 Å². The summed E-state index contributed by atoms with van der Waals surface area (Å²) in [6.07, 6.45) is 0. The third-order valence-corrected chi connectivity index (χ3v) is 3.39. The van der Waals surface area contributed by atoms with E-state index in [1.807, 2.05) is 30.3 Å². The van der Waals surface area contributed by atoms with Gasteiger partial charge in [0.25, 0.3) is 0 Å². The number of para-hydroxylation sites is 1. The highest BCUT2D eigenvalue weighted by Crippen LogP contribution is 2.23. The molecule has 0 fully saturated rings. The van der Waals surface area contributed by atoms with Crippen LogP contribution in [0.15, 0.2) is 63.8 Å². The number of hydrogen-bond acceptors (Lipinski definition) is 6. The molecular formula is C18H15NO6. The second kappa shape index (κ2) is 7.50. The van der Waals surface area contributed by atoms with E-state index in [-0.39, 0.29) is 23.3 Å². The van der Waals surface area contributed by atoms with Gasteiger partial charge in [0.05, 0.1) is 0 Å². The Labute approximate surface area is 142 Å². The van der Waals surface area contributed by atoms with Crippen LogP contribution < -0.4 is 20.4 Å². The standard InChI is InChI=1S/C18H15NO6/c20-13-11-16(18(21)19-22)25-15-8-4-7-14(17(13)15)24-10-9-23-12-5-2-1-3-6-12/h1-8,11,22H,9-10H2,(H,19,21). The Morgan fingerprint density at radius 3 is 2.56 bits per heavy atom. The predicted molar refractivity (Wildman–Crippen MR) is 89.2 cm³/mol. The largest absolute Gasteiger partial charge is 0.490 e. The Balaban J connectivity index is 1.75. The summed E-state index contributed by atoms with van der Waals surface area (Å²) in [5, 5.41) is 8.86. The Hall–Kier alpha value is -3.32. The van der Waals surface area contributed by atoms with Gasteiger partial charge in [-0.05, 0) is 24.3 Å². The molecule has 0 atom stereocenters. The van der Waals surface area contributed by atoms with Gasteiger partial charge in [-0.15, -0.1) is 0 Å². The van der Waals surface area contributed by atoms with Gasteiger partial charge < -0.3 is 13.9 Å². The first-order valence-corrected chi connectivity index (χ1v) is 7.51. The van der Waals surface area contributed by atoms with E-state index >= 15 is 0 Å². The van der Waals surface area contributed by atoms with Crippen molar-refractivity contribution in [2.45, 2.75) is 0 Å². The molecule has 1 aromatic heterocycles. The van der Waals surface area contributed by atoms with Crippen LogP contribution in [-0.2, 0) is 0 Å². The number of nitrogens with one attached hydrogen (secondary N) is 1. The molecule has 0 radical (unpaired) electrons. The van der Waals surface area contributed by atoms with Crippen molar-refractivity contribution < 1.29 is 23.9 Å². The maximum atomic E-state index is 12.3. The zero-order valence-corrected chi connectivity index (χ0v) is 13.1. The van der Waals surface area contributed by atoms with Crippen molar-refractivity contribution in [3.8, 4) is 11.5 Å². The lowest BCUT2D eigenvalue weighted by molar-refractivity contribution is 0.0676. The third kappa shape index (κ3) is 3.78. The fourth-order valence-electron chi connectivity index (χ4n) is 2.29. The van der Waals surface area contributed by atoms with Crippen molar-refractivity contribution in [1.82, 2.24) is 5.48 Å². The van der Waals surface area contributed by atoms with Crippen molar-refractivity contribution in [1.29, 1.82) is 0 Å². The number of fused-ring (bicyclic) bond motifs is 1. The van der Waals surface area contributed by atoms with Gasteiger partial charge in [0, 0.05) is 6.07 Å². The normalized spacial score (nSPS) is 10.4. The minimum atomic E-state index is -0.901. The number of benzene rings is 2. The Bertz CT molecular complexity index is 935. The molecule has 3 aromatic rings. The van der Waals surface area contributed by atoms with Crippen LogP contribution in [0.1, 0.15) is 10.6 Å². The molecule has 7 heteroatoms. The monoisotopic (exact) mass is 341 g/mol. The second-order valence-corrected chi connectivity index (χ2v) is 5.06. The van der Waals surface area contributed by atoms with Gasteiger partial charge in [0.1, 0.15) is 35.7 Å². The van der Waals surface area contributed by atoms with Gasteiger partial charge in [0.2, 0.25) is 0 Å². The molecule has 7 nitrogen and oxygen atoms in total. The molecule has 0 spiro atoms. The quantitative estimate of drug-likeness (QED) is 0.406. The van der Waals surface area contributed by atoms with Gasteiger partial charge in [-0.1, -0.05) is 24.3 Å². The summed E-state index contributed by atoms with van der Waals surface area (Å²) in [5.74, 6) is -0.131. The maximum absolute atomic E-state index is 12.3. The highest BCUT2D eigenvalue weighted by Gasteiger charge is 2.14. The Morgan fingerprint density at radius 1 is 1.04 bits per heavy atom. The average Bonchev–Trinajstić information content (AvgIpc) is 2.65. The summed E-state index contributed by atoms with van der Waals surface area (Å²) in [6, 6.07) is 15.1. The lowest BCUT2D eigenvalue weighted by Crippen LogP contribution is -2.20. The first-order chi connectivity index (χ1) is 12.2. The van der Waals surface area contributed by atoms with Gasteiger partial charge in [-0.25, -0.2) is 5.48 Å². The van der Waals surface area contributed by atoms with E-state index in [0.717, 1.165) is 11.8 Å². The number of amides is 1. The SMILES string of the molecule is O=C(NO)c1cc(=O)c2c(OCCOc3ccccc3)cccc2o1. The van der Waals surface area contributed by atoms with Crippen LogP contribution in [0.25, 0.3) is 11.0 Å². The molecule has 25 heavy (non-hydrogen) atoms. The van der Waals surface area contributed by atoms with E-state index in [9.17, 15) is 9.59 Å². The van der Waals surface area contributed by atoms with Crippen molar-refractivity contribution in [3.63, 3.8) is 0 Å². The topological polar surface area (TPSA) is 98.0 Å². The highest BCUT2D eigenvalue weighted by molar-refractivity contribution is 5.93. The van der Waals surface area contributed by atoms with Crippen LogP contribution >= 0.6 is 0 Å². The van der Waals surface area contributed by atoms with Crippen LogP contribution in [0.5, 0.6) is 11.5 Å². The lowest BCUT2D eigenvalue weighted by Gasteiger charge is -2.10. The first kappa shape index (κ1) is 16.5. The van der Waals surface area contributed by atoms with E-state index < -0.39 is 11.3 Å². The van der Waals surface area contributed by atoms with Crippen LogP contribution in [0, 0.1) is 0 Å². The smallest absolute Gasteiger partial charge is 0.310 e. The summed E-state index contributed by atoms with van der Waals surface area (Å²) in [5.41, 5.74) is 1.17. The van der Waals surface area contributed by atoms with Crippen molar-refractivity contribution in [3.05, 3.63) is 70.6 Å². The molecule has 2 N–H and O–H groups in total. The number of carbonyl (C=O) groups excluding carboxylic acids is 1. The molecule has 1 heterocycles. The van der Waals surface area contributed by atoms with Crippen LogP contribution in [-0.4, -0.2) is 24.3 Å². The number of ether oxygens (including phenoxy) is 2. The number of hydroxylamine groups is 1. The van der Waals surface area contributed by atoms with Crippen molar-refractivity contribution in [2.24, 2.45) is 0 Å². The zero-order valence-electron chi connectivity index (χ0n) is 13.1. The summed E-state index contributed by atoms with van der Waals surface area (Å²) in [7, 11) is 0. The van der Waals surface area contributed by atoms with Crippen molar-refractivity contribution in [2.75, 3.05) is 13.2 Å². The minimum absolute atomic E-state index is 0.188. The summed E-state index contributed by atoms with van der Waals surface area (Å²) < 4.78 is 16.5. The molecule has 128 valence electrons. The molecule has 0 bridgehead atoms. The van der Waals surface area contributed by atoms with Gasteiger partial charge in [-0.3, -0.25) is 14.8 Å². The fraction of sp³-hybridized carbons (Fsp3) is 0.111.